The quantitative estimate of drug-likeness (QED) is 0.906. The summed E-state index contributed by atoms with van der Waals surface area (Å²) in [5.41, 5.74) is 2.65. The molecular weight excluding hydrogens is 296 g/mol. The summed E-state index contributed by atoms with van der Waals surface area (Å²) in [6.45, 7) is 5.37. The molecule has 128 valence electrons. The van der Waals surface area contributed by atoms with Crippen LogP contribution in [0.3, 0.4) is 0 Å². The van der Waals surface area contributed by atoms with Gasteiger partial charge in [-0.3, -0.25) is 4.90 Å². The molecule has 2 aliphatic rings. The van der Waals surface area contributed by atoms with Crippen molar-refractivity contribution in [1.29, 1.82) is 0 Å². The molecule has 1 aliphatic heterocycles. The van der Waals surface area contributed by atoms with Crippen LogP contribution in [0.4, 0.5) is 5.95 Å². The Balaban J connectivity index is 1.34. The van der Waals surface area contributed by atoms with Gasteiger partial charge in [0.15, 0.2) is 0 Å². The third-order valence-electron chi connectivity index (χ3n) is 5.50. The minimum Gasteiger partial charge on any atom is -0.352 e. The molecule has 1 saturated carbocycles. The second-order valence-corrected chi connectivity index (χ2v) is 7.30. The molecule has 0 saturated heterocycles. The van der Waals surface area contributed by atoms with Crippen molar-refractivity contribution >= 4 is 5.95 Å². The molecule has 1 aromatic heterocycles. The lowest BCUT2D eigenvalue weighted by molar-refractivity contribution is 0.168. The van der Waals surface area contributed by atoms with Gasteiger partial charge in [-0.1, -0.05) is 49.6 Å². The van der Waals surface area contributed by atoms with Gasteiger partial charge in [0.05, 0.1) is 11.9 Å². The molecule has 0 atom stereocenters. The number of benzene rings is 1. The van der Waals surface area contributed by atoms with Gasteiger partial charge in [-0.25, -0.2) is 4.98 Å². The summed E-state index contributed by atoms with van der Waals surface area (Å²) in [5.74, 6) is 1.94. The first-order chi connectivity index (χ1) is 11.9. The Morgan fingerprint density at radius 3 is 2.71 bits per heavy atom. The van der Waals surface area contributed by atoms with Crippen LogP contribution < -0.4 is 5.32 Å². The highest BCUT2D eigenvalue weighted by molar-refractivity contribution is 5.32. The predicted octanol–water partition coefficient (Wildman–Crippen LogP) is 3.89. The first-order valence-electron chi connectivity index (χ1n) is 9.43. The molecule has 1 aromatic carbocycles. The summed E-state index contributed by atoms with van der Waals surface area (Å²) in [5, 5.41) is 3.50. The number of nitrogens with zero attached hydrogens (tertiary/aromatic N) is 3. The Hall–Kier alpha value is -1.81. The average molecular weight is 324 g/mol. The summed E-state index contributed by atoms with van der Waals surface area (Å²) < 4.78 is 2.36. The number of hydrogen-bond donors (Lipinski definition) is 1. The van der Waals surface area contributed by atoms with Gasteiger partial charge in [0.1, 0.15) is 0 Å². The summed E-state index contributed by atoms with van der Waals surface area (Å²) in [6.07, 6.45) is 9.23. The maximum atomic E-state index is 4.62. The van der Waals surface area contributed by atoms with Gasteiger partial charge < -0.3 is 9.88 Å². The van der Waals surface area contributed by atoms with Gasteiger partial charge in [-0.2, -0.15) is 0 Å². The highest BCUT2D eigenvalue weighted by Gasteiger charge is 2.22. The molecule has 0 amide bonds. The fraction of sp³-hybridized carbons (Fsp3) is 0.550. The van der Waals surface area contributed by atoms with E-state index in [1.807, 2.05) is 0 Å². The Morgan fingerprint density at radius 1 is 1.04 bits per heavy atom. The Morgan fingerprint density at radius 2 is 1.88 bits per heavy atom. The summed E-state index contributed by atoms with van der Waals surface area (Å²) in [7, 11) is 0. The molecule has 2 aromatic rings. The fourth-order valence-electron chi connectivity index (χ4n) is 4.15. The number of nitrogens with one attached hydrogen (secondary N) is 1. The molecule has 0 unspecified atom stereocenters. The first kappa shape index (κ1) is 15.7. The highest BCUT2D eigenvalue weighted by Crippen LogP contribution is 2.26. The molecular formula is C20H28N4. The van der Waals surface area contributed by atoms with E-state index >= 15 is 0 Å². The van der Waals surface area contributed by atoms with Crippen LogP contribution in [0.25, 0.3) is 0 Å². The van der Waals surface area contributed by atoms with Gasteiger partial charge >= 0.3 is 0 Å². The van der Waals surface area contributed by atoms with Crippen molar-refractivity contribution in [1.82, 2.24) is 14.5 Å². The zero-order valence-corrected chi connectivity index (χ0v) is 14.5. The van der Waals surface area contributed by atoms with Crippen molar-refractivity contribution in [2.75, 3.05) is 18.4 Å². The summed E-state index contributed by atoms with van der Waals surface area (Å²) in [6, 6.07) is 10.5. The first-order valence-corrected chi connectivity index (χ1v) is 9.43. The Kier molecular flexibility index (Phi) is 4.83. The lowest BCUT2D eigenvalue weighted by atomic mass is 9.89. The van der Waals surface area contributed by atoms with E-state index < -0.39 is 0 Å². The van der Waals surface area contributed by atoms with Crippen LogP contribution in [0.1, 0.15) is 43.4 Å². The van der Waals surface area contributed by atoms with E-state index in [1.165, 1.54) is 49.9 Å². The van der Waals surface area contributed by atoms with E-state index in [2.05, 4.69) is 56.3 Å². The topological polar surface area (TPSA) is 33.1 Å². The minimum absolute atomic E-state index is 0.836. The van der Waals surface area contributed by atoms with Crippen molar-refractivity contribution in [2.45, 2.75) is 51.7 Å². The smallest absolute Gasteiger partial charge is 0.203 e. The fourth-order valence-corrected chi connectivity index (χ4v) is 4.15. The molecule has 0 radical (unpaired) electrons. The molecule has 24 heavy (non-hydrogen) atoms. The average Bonchev–Trinajstić information content (AvgIpc) is 3.04. The SMILES string of the molecule is c1ccc(CNc2ncc3n2CCN(CC2CCCCC2)C3)cc1. The number of aromatic nitrogens is 2. The van der Waals surface area contributed by atoms with Crippen LogP contribution in [0.5, 0.6) is 0 Å². The molecule has 0 spiro atoms. The molecule has 4 heteroatoms. The highest BCUT2D eigenvalue weighted by atomic mass is 15.3. The molecule has 4 rings (SSSR count). The second kappa shape index (κ2) is 7.39. The van der Waals surface area contributed by atoms with Crippen molar-refractivity contribution < 1.29 is 0 Å². The van der Waals surface area contributed by atoms with Crippen molar-refractivity contribution in [3.8, 4) is 0 Å². The standard InChI is InChI=1S/C20H28N4/c1-3-7-17(8-4-1)13-21-20-22-14-19-16-23(11-12-24(19)20)15-18-9-5-2-6-10-18/h1,3-4,7-8,14,18H,2,5-6,9-13,15-16H2,(H,21,22). The molecule has 1 N–H and O–H groups in total. The third kappa shape index (κ3) is 3.64. The van der Waals surface area contributed by atoms with E-state index in [9.17, 15) is 0 Å². The van der Waals surface area contributed by atoms with Gasteiger partial charge in [-0.15, -0.1) is 0 Å². The number of anilines is 1. The van der Waals surface area contributed by atoms with Crippen LogP contribution in [0, 0.1) is 5.92 Å². The zero-order valence-electron chi connectivity index (χ0n) is 14.5. The van der Waals surface area contributed by atoms with Gasteiger partial charge in [0.2, 0.25) is 5.95 Å². The van der Waals surface area contributed by atoms with Crippen molar-refractivity contribution in [3.05, 3.63) is 47.8 Å². The zero-order chi connectivity index (χ0) is 16.2. The molecule has 1 aliphatic carbocycles. The van der Waals surface area contributed by atoms with Crippen LogP contribution in [-0.2, 0) is 19.6 Å². The Labute approximate surface area is 144 Å². The summed E-state index contributed by atoms with van der Waals surface area (Å²) in [4.78, 5) is 7.25. The van der Waals surface area contributed by atoms with Crippen LogP contribution in [0.2, 0.25) is 0 Å². The van der Waals surface area contributed by atoms with Crippen LogP contribution in [0.15, 0.2) is 36.5 Å². The number of hydrogen-bond acceptors (Lipinski definition) is 3. The third-order valence-corrected chi connectivity index (χ3v) is 5.50. The minimum atomic E-state index is 0.836. The number of fused-ring (bicyclic) bond motifs is 1. The van der Waals surface area contributed by atoms with E-state index in [4.69, 9.17) is 0 Å². The Bertz CT molecular complexity index is 643. The summed E-state index contributed by atoms with van der Waals surface area (Å²) >= 11 is 0. The number of rotatable bonds is 5. The van der Waals surface area contributed by atoms with E-state index in [-0.39, 0.29) is 0 Å². The molecule has 1 fully saturated rings. The van der Waals surface area contributed by atoms with Gasteiger partial charge in [0.25, 0.3) is 0 Å². The van der Waals surface area contributed by atoms with Crippen LogP contribution in [-0.4, -0.2) is 27.5 Å². The lowest BCUT2D eigenvalue weighted by Crippen LogP contribution is -2.37. The maximum Gasteiger partial charge on any atom is 0.203 e. The van der Waals surface area contributed by atoms with Crippen molar-refractivity contribution in [2.24, 2.45) is 5.92 Å². The predicted molar refractivity (Wildman–Crippen MR) is 97.8 cm³/mol. The van der Waals surface area contributed by atoms with Gasteiger partial charge in [0, 0.05) is 32.7 Å². The molecule has 4 nitrogen and oxygen atoms in total. The maximum absolute atomic E-state index is 4.62. The molecule has 0 bridgehead atoms. The van der Waals surface area contributed by atoms with Crippen LogP contribution >= 0.6 is 0 Å². The van der Waals surface area contributed by atoms with E-state index in [0.717, 1.165) is 38.0 Å². The monoisotopic (exact) mass is 324 g/mol. The van der Waals surface area contributed by atoms with Crippen molar-refractivity contribution in [3.63, 3.8) is 0 Å². The number of imidazole rings is 1. The largest absolute Gasteiger partial charge is 0.352 e. The second-order valence-electron chi connectivity index (χ2n) is 7.30. The van der Waals surface area contributed by atoms with E-state index in [0.29, 0.717) is 0 Å². The normalized spacial score (nSPS) is 19.2. The van der Waals surface area contributed by atoms with Gasteiger partial charge in [-0.05, 0) is 24.3 Å². The lowest BCUT2D eigenvalue weighted by Gasteiger charge is -2.33. The molecule has 2 heterocycles. The van der Waals surface area contributed by atoms with E-state index in [1.54, 1.807) is 0 Å².